The fourth-order valence-corrected chi connectivity index (χ4v) is 5.00. The summed E-state index contributed by atoms with van der Waals surface area (Å²) in [6.07, 6.45) is 5.88. The number of rotatable bonds is 8. The molecule has 27 heavy (non-hydrogen) atoms. The molecule has 0 saturated carbocycles. The van der Waals surface area contributed by atoms with Crippen molar-refractivity contribution in [3.8, 4) is 0 Å². The van der Waals surface area contributed by atoms with Gasteiger partial charge in [-0.05, 0) is 38.4 Å². The van der Waals surface area contributed by atoms with E-state index in [0.717, 1.165) is 54.6 Å². The van der Waals surface area contributed by atoms with E-state index in [1.807, 2.05) is 16.7 Å². The normalized spacial score (nSPS) is 15.1. The fourth-order valence-electron chi connectivity index (χ4n) is 3.92. The van der Waals surface area contributed by atoms with Gasteiger partial charge in [0.05, 0.1) is 5.52 Å². The lowest BCUT2D eigenvalue weighted by Gasteiger charge is -2.16. The molecule has 0 spiro atoms. The van der Waals surface area contributed by atoms with Gasteiger partial charge in [0.15, 0.2) is 5.82 Å². The second kappa shape index (κ2) is 8.40. The number of nitrogens with zero attached hydrogens (tertiary/aromatic N) is 3. The summed E-state index contributed by atoms with van der Waals surface area (Å²) < 4.78 is 3.15. The zero-order valence-corrected chi connectivity index (χ0v) is 16.9. The summed E-state index contributed by atoms with van der Waals surface area (Å²) in [5.41, 5.74) is 1.02. The molecule has 6 heteroatoms. The number of hydrogen-bond donors (Lipinski definition) is 1. The average Bonchev–Trinajstić information content (AvgIpc) is 3.31. The number of anilines is 1. The van der Waals surface area contributed by atoms with Crippen LogP contribution in [0.4, 0.5) is 5.82 Å². The van der Waals surface area contributed by atoms with Crippen LogP contribution in [0.25, 0.3) is 20.4 Å². The van der Waals surface area contributed by atoms with Crippen molar-refractivity contribution in [3.63, 3.8) is 0 Å². The zero-order chi connectivity index (χ0) is 18.6. The molecule has 1 aliphatic rings. The van der Waals surface area contributed by atoms with Crippen LogP contribution in [0.15, 0.2) is 29.1 Å². The molecule has 0 radical (unpaired) electrons. The Labute approximate surface area is 164 Å². The van der Waals surface area contributed by atoms with Gasteiger partial charge in [0.2, 0.25) is 0 Å². The summed E-state index contributed by atoms with van der Waals surface area (Å²) in [5, 5.41) is 4.47. The maximum atomic E-state index is 13.2. The summed E-state index contributed by atoms with van der Waals surface area (Å²) in [7, 11) is 0. The minimum absolute atomic E-state index is 0.0172. The molecular formula is C21H28N4OS. The van der Waals surface area contributed by atoms with Gasteiger partial charge in [-0.2, -0.15) is 0 Å². The lowest BCUT2D eigenvalue weighted by Crippen LogP contribution is -2.30. The molecule has 1 fully saturated rings. The summed E-state index contributed by atoms with van der Waals surface area (Å²) in [6.45, 7) is 7.04. The first-order valence-electron chi connectivity index (χ1n) is 10.2. The SMILES string of the molecule is CCCCCn1c(=O)c(NCCN2CCCC2)nc2sc3ccccc3c21. The minimum Gasteiger partial charge on any atom is -0.364 e. The number of fused-ring (bicyclic) bond motifs is 3. The van der Waals surface area contributed by atoms with Gasteiger partial charge in [0.1, 0.15) is 4.83 Å². The Morgan fingerprint density at radius 1 is 1.15 bits per heavy atom. The molecule has 0 aliphatic carbocycles. The summed E-state index contributed by atoms with van der Waals surface area (Å²) in [4.78, 5) is 21.3. The van der Waals surface area contributed by atoms with Crippen LogP contribution >= 0.6 is 11.3 Å². The van der Waals surface area contributed by atoms with Crippen LogP contribution in [0.5, 0.6) is 0 Å². The van der Waals surface area contributed by atoms with Crippen molar-refractivity contribution >= 4 is 37.6 Å². The number of hydrogen-bond acceptors (Lipinski definition) is 5. The molecule has 1 saturated heterocycles. The minimum atomic E-state index is 0.0172. The standard InChI is InChI=1S/C21H28N4OS/c1-2-3-6-14-25-18-16-9-4-5-10-17(16)27-20(18)23-19(21(25)26)22-11-15-24-12-7-8-13-24/h4-5,9-10H,2-3,6-8,11-15H2,1H3,(H,22,23). The first-order valence-corrected chi connectivity index (χ1v) is 11.0. The molecule has 2 aromatic heterocycles. The Morgan fingerprint density at radius 2 is 1.96 bits per heavy atom. The molecule has 3 aromatic rings. The number of nitrogens with one attached hydrogen (secondary N) is 1. The first-order chi connectivity index (χ1) is 13.3. The summed E-state index contributed by atoms with van der Waals surface area (Å²) in [6, 6.07) is 8.30. The average molecular weight is 385 g/mol. The van der Waals surface area contributed by atoms with E-state index < -0.39 is 0 Å². The molecule has 4 rings (SSSR count). The van der Waals surface area contributed by atoms with Gasteiger partial charge in [-0.1, -0.05) is 38.0 Å². The fraction of sp³-hybridized carbons (Fsp3) is 0.524. The number of thiophene rings is 1. The van der Waals surface area contributed by atoms with Gasteiger partial charge in [0.25, 0.3) is 5.56 Å². The Kier molecular flexibility index (Phi) is 5.74. The van der Waals surface area contributed by atoms with Crippen LogP contribution in [-0.2, 0) is 6.54 Å². The van der Waals surface area contributed by atoms with Gasteiger partial charge in [-0.25, -0.2) is 4.98 Å². The van der Waals surface area contributed by atoms with Gasteiger partial charge in [-0.3, -0.25) is 4.79 Å². The lowest BCUT2D eigenvalue weighted by atomic mass is 10.2. The predicted molar refractivity (Wildman–Crippen MR) is 115 cm³/mol. The highest BCUT2D eigenvalue weighted by Crippen LogP contribution is 2.32. The second-order valence-electron chi connectivity index (χ2n) is 7.35. The van der Waals surface area contributed by atoms with Crippen molar-refractivity contribution in [2.75, 3.05) is 31.5 Å². The van der Waals surface area contributed by atoms with E-state index in [4.69, 9.17) is 4.98 Å². The molecule has 1 aliphatic heterocycles. The van der Waals surface area contributed by atoms with Crippen molar-refractivity contribution in [2.45, 2.75) is 45.6 Å². The third-order valence-electron chi connectivity index (χ3n) is 5.39. The van der Waals surface area contributed by atoms with Gasteiger partial charge in [-0.15, -0.1) is 11.3 Å². The Hall–Kier alpha value is -1.92. The summed E-state index contributed by atoms with van der Waals surface area (Å²) in [5.74, 6) is 0.504. The van der Waals surface area contributed by atoms with Gasteiger partial charge >= 0.3 is 0 Å². The molecule has 0 atom stereocenters. The monoisotopic (exact) mass is 384 g/mol. The molecular weight excluding hydrogens is 356 g/mol. The Balaban J connectivity index is 1.67. The van der Waals surface area contributed by atoms with Crippen LogP contribution in [0.3, 0.4) is 0 Å². The number of aromatic nitrogens is 2. The van der Waals surface area contributed by atoms with Crippen molar-refractivity contribution in [1.82, 2.24) is 14.5 Å². The first kappa shape index (κ1) is 18.4. The number of likely N-dealkylation sites (tertiary alicyclic amines) is 1. The zero-order valence-electron chi connectivity index (χ0n) is 16.0. The smallest absolute Gasteiger partial charge is 0.293 e. The van der Waals surface area contributed by atoms with E-state index in [2.05, 4.69) is 29.3 Å². The topological polar surface area (TPSA) is 50.2 Å². The van der Waals surface area contributed by atoms with Crippen molar-refractivity contribution < 1.29 is 0 Å². The highest BCUT2D eigenvalue weighted by molar-refractivity contribution is 7.25. The molecule has 144 valence electrons. The van der Waals surface area contributed by atoms with E-state index in [-0.39, 0.29) is 5.56 Å². The van der Waals surface area contributed by atoms with Crippen LogP contribution in [0, 0.1) is 0 Å². The van der Waals surface area contributed by atoms with E-state index in [0.29, 0.717) is 5.82 Å². The Morgan fingerprint density at radius 3 is 2.78 bits per heavy atom. The van der Waals surface area contributed by atoms with Crippen LogP contribution in [0.2, 0.25) is 0 Å². The maximum absolute atomic E-state index is 13.2. The van der Waals surface area contributed by atoms with Gasteiger partial charge < -0.3 is 14.8 Å². The Bertz CT molecular complexity index is 971. The molecule has 0 bridgehead atoms. The summed E-state index contributed by atoms with van der Waals surface area (Å²) >= 11 is 1.68. The molecule has 0 unspecified atom stereocenters. The third kappa shape index (κ3) is 3.87. The quantitative estimate of drug-likeness (QED) is 0.588. The van der Waals surface area contributed by atoms with Crippen LogP contribution in [0.1, 0.15) is 39.0 Å². The maximum Gasteiger partial charge on any atom is 0.293 e. The molecule has 0 amide bonds. The van der Waals surface area contributed by atoms with Crippen molar-refractivity contribution in [3.05, 3.63) is 34.6 Å². The van der Waals surface area contributed by atoms with Gasteiger partial charge in [0, 0.05) is 29.7 Å². The molecule has 1 N–H and O–H groups in total. The second-order valence-corrected chi connectivity index (χ2v) is 8.38. The van der Waals surface area contributed by atoms with E-state index in [9.17, 15) is 4.79 Å². The molecule has 1 aromatic carbocycles. The number of unbranched alkanes of at least 4 members (excludes halogenated alkanes) is 2. The van der Waals surface area contributed by atoms with E-state index >= 15 is 0 Å². The van der Waals surface area contributed by atoms with E-state index in [1.165, 1.54) is 30.6 Å². The largest absolute Gasteiger partial charge is 0.364 e. The predicted octanol–water partition coefficient (Wildman–Crippen LogP) is 4.31. The van der Waals surface area contributed by atoms with Crippen molar-refractivity contribution in [2.24, 2.45) is 0 Å². The van der Waals surface area contributed by atoms with Crippen molar-refractivity contribution in [1.29, 1.82) is 0 Å². The number of benzene rings is 1. The molecule has 5 nitrogen and oxygen atoms in total. The van der Waals surface area contributed by atoms with Crippen LogP contribution < -0.4 is 10.9 Å². The lowest BCUT2D eigenvalue weighted by molar-refractivity contribution is 0.352. The highest BCUT2D eigenvalue weighted by Gasteiger charge is 2.16. The van der Waals surface area contributed by atoms with E-state index in [1.54, 1.807) is 11.3 Å². The van der Waals surface area contributed by atoms with Crippen LogP contribution in [-0.4, -0.2) is 40.6 Å². The molecule has 3 heterocycles. The highest BCUT2D eigenvalue weighted by atomic mass is 32.1. The number of aryl methyl sites for hydroxylation is 1. The third-order valence-corrected chi connectivity index (χ3v) is 6.44.